The SMILES string of the molecule is CC(C)(C)OC(=O)N[C@H](C(=O)O)c1cccc(Cl)c1Cl. The summed E-state index contributed by atoms with van der Waals surface area (Å²) in [5.74, 6) is -1.26. The van der Waals surface area contributed by atoms with Gasteiger partial charge < -0.3 is 15.2 Å². The van der Waals surface area contributed by atoms with E-state index in [1.54, 1.807) is 26.8 Å². The van der Waals surface area contributed by atoms with Gasteiger partial charge in [-0.3, -0.25) is 0 Å². The molecule has 0 spiro atoms. The van der Waals surface area contributed by atoms with E-state index in [2.05, 4.69) is 5.32 Å². The highest BCUT2D eigenvalue weighted by atomic mass is 35.5. The van der Waals surface area contributed by atoms with Crippen molar-refractivity contribution in [2.24, 2.45) is 0 Å². The summed E-state index contributed by atoms with van der Waals surface area (Å²) in [5, 5.41) is 11.8. The normalized spacial score (nSPS) is 12.7. The third-order valence-corrected chi connectivity index (χ3v) is 3.03. The highest BCUT2D eigenvalue weighted by molar-refractivity contribution is 6.42. The van der Waals surface area contributed by atoms with Crippen molar-refractivity contribution >= 4 is 35.3 Å². The number of aliphatic carboxylic acids is 1. The molecule has 0 radical (unpaired) electrons. The van der Waals surface area contributed by atoms with E-state index in [0.29, 0.717) is 0 Å². The van der Waals surface area contributed by atoms with E-state index in [4.69, 9.17) is 27.9 Å². The number of carbonyl (C=O) groups is 2. The number of nitrogens with one attached hydrogen (secondary N) is 1. The van der Waals surface area contributed by atoms with Crippen molar-refractivity contribution in [1.29, 1.82) is 0 Å². The first-order valence-electron chi connectivity index (χ1n) is 5.78. The minimum Gasteiger partial charge on any atom is -0.479 e. The molecule has 0 aromatic heterocycles. The summed E-state index contributed by atoms with van der Waals surface area (Å²) in [5.41, 5.74) is -0.539. The van der Waals surface area contributed by atoms with Crippen LogP contribution in [0.4, 0.5) is 4.79 Å². The zero-order valence-corrected chi connectivity index (χ0v) is 12.7. The first-order chi connectivity index (χ1) is 9.11. The molecule has 1 aromatic rings. The maximum atomic E-state index is 11.7. The van der Waals surface area contributed by atoms with Crippen LogP contribution in [0.25, 0.3) is 0 Å². The van der Waals surface area contributed by atoms with Crippen LogP contribution in [0, 0.1) is 0 Å². The topological polar surface area (TPSA) is 75.6 Å². The molecule has 0 unspecified atom stereocenters. The lowest BCUT2D eigenvalue weighted by atomic mass is 10.1. The molecule has 20 heavy (non-hydrogen) atoms. The molecule has 1 aromatic carbocycles. The van der Waals surface area contributed by atoms with Gasteiger partial charge in [-0.1, -0.05) is 35.3 Å². The molecule has 0 aliphatic heterocycles. The van der Waals surface area contributed by atoms with Gasteiger partial charge in [-0.15, -0.1) is 0 Å². The summed E-state index contributed by atoms with van der Waals surface area (Å²) in [7, 11) is 0. The predicted octanol–water partition coefficient (Wildman–Crippen LogP) is 3.64. The van der Waals surface area contributed by atoms with E-state index >= 15 is 0 Å². The number of benzene rings is 1. The molecule has 1 rings (SSSR count). The fraction of sp³-hybridized carbons (Fsp3) is 0.385. The molecule has 0 aliphatic rings. The van der Waals surface area contributed by atoms with Gasteiger partial charge in [-0.2, -0.15) is 0 Å². The van der Waals surface area contributed by atoms with Gasteiger partial charge >= 0.3 is 12.1 Å². The van der Waals surface area contributed by atoms with Crippen LogP contribution in [-0.4, -0.2) is 22.8 Å². The Morgan fingerprint density at radius 1 is 1.30 bits per heavy atom. The Hall–Kier alpha value is -1.46. The predicted molar refractivity (Wildman–Crippen MR) is 76.2 cm³/mol. The highest BCUT2D eigenvalue weighted by Crippen LogP contribution is 2.30. The van der Waals surface area contributed by atoms with Crippen LogP contribution in [0.2, 0.25) is 10.0 Å². The number of ether oxygens (including phenoxy) is 1. The molecule has 110 valence electrons. The van der Waals surface area contributed by atoms with E-state index in [9.17, 15) is 14.7 Å². The Bertz CT molecular complexity index is 526. The van der Waals surface area contributed by atoms with Crippen molar-refractivity contribution in [3.05, 3.63) is 33.8 Å². The van der Waals surface area contributed by atoms with Gasteiger partial charge in [0.05, 0.1) is 10.0 Å². The number of carboxylic acid groups (broad SMARTS) is 1. The number of carbonyl (C=O) groups excluding carboxylic acids is 1. The average molecular weight is 320 g/mol. The van der Waals surface area contributed by atoms with Crippen molar-refractivity contribution in [2.45, 2.75) is 32.4 Å². The summed E-state index contributed by atoms with van der Waals surface area (Å²) in [6.45, 7) is 5.03. The van der Waals surface area contributed by atoms with Crippen LogP contribution in [0.15, 0.2) is 18.2 Å². The molecule has 0 fully saturated rings. The average Bonchev–Trinajstić information content (AvgIpc) is 2.27. The van der Waals surface area contributed by atoms with Crippen molar-refractivity contribution in [1.82, 2.24) is 5.32 Å². The molecule has 5 nitrogen and oxygen atoms in total. The third kappa shape index (κ3) is 4.58. The van der Waals surface area contributed by atoms with Crippen LogP contribution in [0.5, 0.6) is 0 Å². The largest absolute Gasteiger partial charge is 0.479 e. The molecule has 0 aliphatic carbocycles. The van der Waals surface area contributed by atoms with Crippen molar-refractivity contribution in [2.75, 3.05) is 0 Å². The Labute approximate surface area is 126 Å². The quantitative estimate of drug-likeness (QED) is 0.891. The second kappa shape index (κ2) is 6.33. The molecule has 0 bridgehead atoms. The lowest BCUT2D eigenvalue weighted by molar-refractivity contribution is -0.139. The van der Waals surface area contributed by atoms with E-state index < -0.39 is 23.7 Å². The van der Waals surface area contributed by atoms with Gasteiger partial charge in [0.15, 0.2) is 6.04 Å². The third-order valence-electron chi connectivity index (χ3n) is 2.20. The van der Waals surface area contributed by atoms with E-state index in [1.165, 1.54) is 12.1 Å². The minimum atomic E-state index is -1.34. The minimum absolute atomic E-state index is 0.0811. The molecular formula is C13H15Cl2NO4. The van der Waals surface area contributed by atoms with Gasteiger partial charge in [0, 0.05) is 5.56 Å². The van der Waals surface area contributed by atoms with Gasteiger partial charge in [0.25, 0.3) is 0 Å². The summed E-state index contributed by atoms with van der Waals surface area (Å²) >= 11 is 11.8. The first-order valence-corrected chi connectivity index (χ1v) is 6.53. The van der Waals surface area contributed by atoms with E-state index in [0.717, 1.165) is 0 Å². The summed E-state index contributed by atoms with van der Waals surface area (Å²) in [6, 6.07) is 3.22. The lowest BCUT2D eigenvalue weighted by Gasteiger charge is -2.22. The Morgan fingerprint density at radius 3 is 2.40 bits per heavy atom. The number of halogens is 2. The molecule has 0 heterocycles. The van der Waals surface area contributed by atoms with E-state index in [-0.39, 0.29) is 15.6 Å². The summed E-state index contributed by atoms with van der Waals surface area (Å²) in [6.07, 6.45) is -0.846. The Balaban J connectivity index is 2.99. The smallest absolute Gasteiger partial charge is 0.408 e. The van der Waals surface area contributed by atoms with Crippen LogP contribution < -0.4 is 5.32 Å². The van der Waals surface area contributed by atoms with Crippen LogP contribution >= 0.6 is 23.2 Å². The zero-order chi connectivity index (χ0) is 15.5. The van der Waals surface area contributed by atoms with Crippen LogP contribution in [0.3, 0.4) is 0 Å². The second-order valence-corrected chi connectivity index (χ2v) is 5.85. The van der Waals surface area contributed by atoms with Crippen molar-refractivity contribution < 1.29 is 19.4 Å². The molecule has 1 atom stereocenters. The first kappa shape index (κ1) is 16.6. The number of amides is 1. The Morgan fingerprint density at radius 2 is 1.90 bits per heavy atom. The zero-order valence-electron chi connectivity index (χ0n) is 11.2. The molecule has 0 saturated heterocycles. The number of hydrogen-bond acceptors (Lipinski definition) is 3. The van der Waals surface area contributed by atoms with Gasteiger partial charge in [0.1, 0.15) is 5.60 Å². The molecule has 1 amide bonds. The molecule has 7 heteroatoms. The Kier molecular flexibility index (Phi) is 5.25. The number of carboxylic acids is 1. The fourth-order valence-corrected chi connectivity index (χ4v) is 1.86. The lowest BCUT2D eigenvalue weighted by Crippen LogP contribution is -2.38. The van der Waals surface area contributed by atoms with Crippen molar-refractivity contribution in [3.8, 4) is 0 Å². The molecular weight excluding hydrogens is 305 g/mol. The van der Waals surface area contributed by atoms with Crippen LogP contribution in [-0.2, 0) is 9.53 Å². The highest BCUT2D eigenvalue weighted by Gasteiger charge is 2.27. The van der Waals surface area contributed by atoms with Crippen molar-refractivity contribution in [3.63, 3.8) is 0 Å². The maximum absolute atomic E-state index is 11.7. The standard InChI is InChI=1S/C13H15Cl2NO4/c1-13(2,3)20-12(19)16-10(11(17)18)7-5-4-6-8(14)9(7)15/h4-6,10H,1-3H3,(H,16,19)(H,17,18)/t10-/m0/s1. The van der Waals surface area contributed by atoms with Gasteiger partial charge in [-0.05, 0) is 26.8 Å². The number of hydrogen-bond donors (Lipinski definition) is 2. The number of rotatable bonds is 3. The second-order valence-electron chi connectivity index (χ2n) is 5.06. The van der Waals surface area contributed by atoms with E-state index in [1.807, 2.05) is 0 Å². The molecule has 2 N–H and O–H groups in total. The molecule has 0 saturated carbocycles. The monoisotopic (exact) mass is 319 g/mol. The summed E-state index contributed by atoms with van der Waals surface area (Å²) < 4.78 is 5.02. The van der Waals surface area contributed by atoms with Crippen LogP contribution in [0.1, 0.15) is 32.4 Å². The van der Waals surface area contributed by atoms with Gasteiger partial charge in [0.2, 0.25) is 0 Å². The fourth-order valence-electron chi connectivity index (χ4n) is 1.44. The summed E-state index contributed by atoms with van der Waals surface area (Å²) in [4.78, 5) is 23.0. The maximum Gasteiger partial charge on any atom is 0.408 e. The van der Waals surface area contributed by atoms with Gasteiger partial charge in [-0.25, -0.2) is 9.59 Å². The number of alkyl carbamates (subject to hydrolysis) is 1.